The molecule has 0 fully saturated rings. The zero-order valence-corrected chi connectivity index (χ0v) is 7.25. The highest BCUT2D eigenvalue weighted by Gasteiger charge is 2.21. The summed E-state index contributed by atoms with van der Waals surface area (Å²) in [6, 6.07) is 0. The van der Waals surface area contributed by atoms with E-state index in [1.54, 1.807) is 0 Å². The Morgan fingerprint density at radius 1 is 1.62 bits per heavy atom. The second kappa shape index (κ2) is 2.70. The van der Waals surface area contributed by atoms with Gasteiger partial charge in [-0.3, -0.25) is 9.52 Å². The number of hydrogen-bond acceptors (Lipinski definition) is 4. The molecule has 1 aliphatic heterocycles. The average molecular weight is 198 g/mol. The number of amides is 1. The predicted molar refractivity (Wildman–Crippen MR) is 47.2 cm³/mol. The molecule has 1 atom stereocenters. The summed E-state index contributed by atoms with van der Waals surface area (Å²) >= 11 is 0. The molecule has 1 unspecified atom stereocenters. The highest BCUT2D eigenvalue weighted by molar-refractivity contribution is 7.93. The molecule has 2 rings (SSSR count). The fraction of sp³-hybridized carbons (Fsp3) is 0. The van der Waals surface area contributed by atoms with Crippen molar-refractivity contribution in [3.8, 4) is 0 Å². The molecule has 0 spiro atoms. The minimum absolute atomic E-state index is 0.293. The Morgan fingerprint density at radius 2 is 2.38 bits per heavy atom. The van der Waals surface area contributed by atoms with Gasteiger partial charge in [0.15, 0.2) is 16.0 Å². The summed E-state index contributed by atoms with van der Waals surface area (Å²) in [5.41, 5.74) is 5.87. The van der Waals surface area contributed by atoms with Crippen molar-refractivity contribution in [3.05, 3.63) is 18.5 Å². The molecule has 1 amide bonds. The zero-order valence-electron chi connectivity index (χ0n) is 6.43. The Balaban J connectivity index is 2.42. The zero-order chi connectivity index (χ0) is 9.42. The van der Waals surface area contributed by atoms with E-state index in [4.69, 9.17) is 5.73 Å². The van der Waals surface area contributed by atoms with Crippen LogP contribution in [0.25, 0.3) is 5.03 Å². The molecular weight excluding hydrogens is 192 g/mol. The van der Waals surface area contributed by atoms with Crippen molar-refractivity contribution in [1.82, 2.24) is 14.5 Å². The third-order valence-corrected chi connectivity index (χ3v) is 2.54. The van der Waals surface area contributed by atoms with Crippen LogP contribution < -0.4 is 10.5 Å². The molecule has 1 aliphatic rings. The van der Waals surface area contributed by atoms with E-state index in [9.17, 15) is 9.00 Å². The van der Waals surface area contributed by atoms with E-state index >= 15 is 0 Å². The van der Waals surface area contributed by atoms with Crippen LogP contribution in [0.4, 0.5) is 5.69 Å². The lowest BCUT2D eigenvalue weighted by molar-refractivity contribution is -0.114. The van der Waals surface area contributed by atoms with Crippen molar-refractivity contribution in [3.63, 3.8) is 0 Å². The Labute approximate surface area is 76.0 Å². The van der Waals surface area contributed by atoms with Crippen LogP contribution in [0.1, 0.15) is 0 Å². The fourth-order valence-corrected chi connectivity index (χ4v) is 1.78. The number of nitrogens with one attached hydrogen (secondary N) is 1. The van der Waals surface area contributed by atoms with Gasteiger partial charge in [-0.15, -0.1) is 0 Å². The number of anilines is 1. The highest BCUT2D eigenvalue weighted by Crippen LogP contribution is 2.13. The molecule has 2 heterocycles. The first-order valence-corrected chi connectivity index (χ1v) is 4.56. The van der Waals surface area contributed by atoms with Crippen molar-refractivity contribution in [2.75, 3.05) is 5.73 Å². The molecule has 3 N–H and O–H groups in total. The van der Waals surface area contributed by atoms with Gasteiger partial charge in [0, 0.05) is 6.08 Å². The molecule has 0 bridgehead atoms. The summed E-state index contributed by atoms with van der Waals surface area (Å²) in [6.07, 6.45) is 4.13. The van der Waals surface area contributed by atoms with Crippen LogP contribution in [-0.2, 0) is 15.8 Å². The van der Waals surface area contributed by atoms with E-state index in [2.05, 4.69) is 9.82 Å². The number of aromatic nitrogens is 2. The van der Waals surface area contributed by atoms with Crippen LogP contribution >= 0.6 is 0 Å². The van der Waals surface area contributed by atoms with Crippen LogP contribution in [0.3, 0.4) is 0 Å². The molecule has 0 radical (unpaired) electrons. The fourth-order valence-electron chi connectivity index (χ4n) is 0.947. The van der Waals surface area contributed by atoms with Crippen molar-refractivity contribution < 1.29 is 9.00 Å². The third kappa shape index (κ3) is 1.33. The maximum absolute atomic E-state index is 11.2. The summed E-state index contributed by atoms with van der Waals surface area (Å²) in [5, 5.41) is 4.11. The van der Waals surface area contributed by atoms with E-state index in [0.29, 0.717) is 10.7 Å². The number of hydrogen-bond donors (Lipinski definition) is 2. The summed E-state index contributed by atoms with van der Waals surface area (Å²) < 4.78 is 14.7. The van der Waals surface area contributed by atoms with E-state index < -0.39 is 11.0 Å². The van der Waals surface area contributed by atoms with Crippen LogP contribution in [-0.4, -0.2) is 19.9 Å². The molecule has 13 heavy (non-hydrogen) atoms. The maximum atomic E-state index is 11.2. The predicted octanol–water partition coefficient (Wildman–Crippen LogP) is -0.943. The van der Waals surface area contributed by atoms with Crippen molar-refractivity contribution in [1.29, 1.82) is 0 Å². The lowest BCUT2D eigenvalue weighted by atomic mass is 10.6. The monoisotopic (exact) mass is 198 g/mol. The van der Waals surface area contributed by atoms with Gasteiger partial charge in [-0.05, 0) is 0 Å². The van der Waals surface area contributed by atoms with E-state index in [0.717, 1.165) is 0 Å². The van der Waals surface area contributed by atoms with Gasteiger partial charge in [-0.2, -0.15) is 5.10 Å². The van der Waals surface area contributed by atoms with Gasteiger partial charge in [0.1, 0.15) is 0 Å². The molecule has 1 aromatic heterocycles. The Bertz CT molecular complexity index is 422. The second-order valence-electron chi connectivity index (χ2n) is 2.44. The van der Waals surface area contributed by atoms with Gasteiger partial charge < -0.3 is 5.73 Å². The van der Waals surface area contributed by atoms with Gasteiger partial charge in [-0.25, -0.2) is 8.89 Å². The van der Waals surface area contributed by atoms with Crippen LogP contribution in [0.2, 0.25) is 0 Å². The number of nitrogens with zero attached hydrogens (tertiary/aromatic N) is 2. The average Bonchev–Trinajstić information content (AvgIpc) is 2.58. The largest absolute Gasteiger partial charge is 0.396 e. The summed E-state index contributed by atoms with van der Waals surface area (Å²) in [7, 11) is -1.52. The lowest BCUT2D eigenvalue weighted by Crippen LogP contribution is -2.17. The first-order chi connectivity index (χ1) is 6.16. The minimum atomic E-state index is -1.52. The van der Waals surface area contributed by atoms with Crippen LogP contribution in [0.15, 0.2) is 18.5 Å². The van der Waals surface area contributed by atoms with Gasteiger partial charge >= 0.3 is 0 Å². The first-order valence-electron chi connectivity index (χ1n) is 3.41. The van der Waals surface area contributed by atoms with Gasteiger partial charge in [0.25, 0.3) is 5.91 Å². The Hall–Kier alpha value is -1.63. The van der Waals surface area contributed by atoms with Crippen molar-refractivity contribution in [2.45, 2.75) is 0 Å². The third-order valence-electron chi connectivity index (χ3n) is 1.47. The standard InChI is InChI=1S/C6H6N4O2S/c7-4-2-8-10(3-4)6-1-5(11)9-13(6)12/h1-3H,7H2,(H,9,11). The molecule has 0 saturated carbocycles. The van der Waals surface area contributed by atoms with Gasteiger partial charge in [-0.1, -0.05) is 0 Å². The minimum Gasteiger partial charge on any atom is -0.396 e. The van der Waals surface area contributed by atoms with E-state index in [-0.39, 0.29) is 5.91 Å². The second-order valence-corrected chi connectivity index (χ2v) is 3.60. The van der Waals surface area contributed by atoms with E-state index in [1.807, 2.05) is 0 Å². The molecule has 0 saturated heterocycles. The quantitative estimate of drug-likeness (QED) is 0.609. The van der Waals surface area contributed by atoms with Crippen molar-refractivity contribution in [2.24, 2.45) is 0 Å². The molecule has 0 aromatic carbocycles. The molecule has 7 heteroatoms. The maximum Gasteiger partial charge on any atom is 0.258 e. The number of rotatable bonds is 1. The molecular formula is C6H6N4O2S. The van der Waals surface area contributed by atoms with Crippen molar-refractivity contribution >= 4 is 27.6 Å². The normalized spacial score (nSPS) is 21.4. The smallest absolute Gasteiger partial charge is 0.258 e. The SMILES string of the molecule is Nc1cnn(C2=CC(=O)NS2=O)c1. The molecule has 0 aliphatic carbocycles. The first kappa shape index (κ1) is 7.99. The van der Waals surface area contributed by atoms with Crippen LogP contribution in [0, 0.1) is 0 Å². The number of nitrogens with two attached hydrogens (primary N) is 1. The molecule has 6 nitrogen and oxygen atoms in total. The topological polar surface area (TPSA) is 90.0 Å². The molecule has 68 valence electrons. The number of nitrogen functional groups attached to an aromatic ring is 1. The summed E-state index contributed by atoms with van der Waals surface area (Å²) in [4.78, 5) is 10.8. The number of carbonyl (C=O) groups is 1. The molecule has 1 aromatic rings. The van der Waals surface area contributed by atoms with Crippen LogP contribution in [0.5, 0.6) is 0 Å². The highest BCUT2D eigenvalue weighted by atomic mass is 32.2. The van der Waals surface area contributed by atoms with Gasteiger partial charge in [0.05, 0.1) is 18.1 Å². The number of carbonyl (C=O) groups excluding carboxylic acids is 1. The van der Waals surface area contributed by atoms with Gasteiger partial charge in [0.2, 0.25) is 0 Å². The Kier molecular flexibility index (Phi) is 1.66. The summed E-state index contributed by atoms with van der Waals surface area (Å²) in [5.74, 6) is -0.387. The lowest BCUT2D eigenvalue weighted by Gasteiger charge is -1.97. The van der Waals surface area contributed by atoms with E-state index in [1.165, 1.54) is 23.2 Å². The Morgan fingerprint density at radius 3 is 2.85 bits per heavy atom. The summed E-state index contributed by atoms with van der Waals surface area (Å²) in [6.45, 7) is 0.